The summed E-state index contributed by atoms with van der Waals surface area (Å²) in [6.07, 6.45) is 0.728. The molecule has 1 unspecified atom stereocenters. The Hall–Kier alpha value is -1.75. The number of nitrogens with zero attached hydrogens (tertiary/aromatic N) is 3. The van der Waals surface area contributed by atoms with Gasteiger partial charge in [-0.1, -0.05) is 23.4 Å². The van der Waals surface area contributed by atoms with Crippen LogP contribution in [0.1, 0.15) is 18.3 Å². The minimum atomic E-state index is -1.14. The van der Waals surface area contributed by atoms with E-state index in [1.165, 1.54) is 0 Å². The molecule has 0 bridgehead atoms. The molecule has 0 saturated carbocycles. The molecule has 0 spiro atoms. The molecule has 0 aliphatic heterocycles. The number of hydrogen-bond acceptors (Lipinski definition) is 3. The lowest BCUT2D eigenvalue weighted by atomic mass is 10.2. The highest BCUT2D eigenvalue weighted by Gasteiger charge is 2.13. The van der Waals surface area contributed by atoms with E-state index in [0.717, 1.165) is 5.69 Å². The van der Waals surface area contributed by atoms with E-state index in [9.17, 15) is 4.39 Å². The maximum absolute atomic E-state index is 13.5. The molecule has 0 saturated heterocycles. The molecule has 0 radical (unpaired) electrons. The van der Waals surface area contributed by atoms with Crippen LogP contribution in [-0.2, 0) is 0 Å². The van der Waals surface area contributed by atoms with Gasteiger partial charge < -0.3 is 5.73 Å². The van der Waals surface area contributed by atoms with Crippen LogP contribution >= 0.6 is 0 Å². The maximum Gasteiger partial charge on any atom is 0.147 e. The second kappa shape index (κ2) is 4.85. The Labute approximate surface area is 92.9 Å². The second-order valence-corrected chi connectivity index (χ2v) is 3.47. The molecule has 1 aromatic carbocycles. The standard InChI is InChI=1S/C11H13FN4/c12-10(6-7-13)11-8-16(15-14-11)9-4-2-1-3-5-9/h1-5,8,10H,6-7,13H2. The summed E-state index contributed by atoms with van der Waals surface area (Å²) in [7, 11) is 0. The topological polar surface area (TPSA) is 56.7 Å². The van der Waals surface area contributed by atoms with Crippen LogP contribution < -0.4 is 5.73 Å². The summed E-state index contributed by atoms with van der Waals surface area (Å²) in [5, 5.41) is 7.67. The first-order valence-electron chi connectivity index (χ1n) is 5.13. The molecule has 1 atom stereocenters. The summed E-state index contributed by atoms with van der Waals surface area (Å²) in [5.74, 6) is 0. The van der Waals surface area contributed by atoms with Crippen LogP contribution in [0.2, 0.25) is 0 Å². The second-order valence-electron chi connectivity index (χ2n) is 3.47. The first kappa shape index (κ1) is 10.8. The highest BCUT2D eigenvalue weighted by Crippen LogP contribution is 2.18. The lowest BCUT2D eigenvalue weighted by Crippen LogP contribution is -2.03. The van der Waals surface area contributed by atoms with Gasteiger partial charge in [0.05, 0.1) is 11.9 Å². The third-order valence-electron chi connectivity index (χ3n) is 2.27. The molecule has 2 N–H and O–H groups in total. The van der Waals surface area contributed by atoms with Gasteiger partial charge in [0.2, 0.25) is 0 Å². The molecule has 1 heterocycles. The highest BCUT2D eigenvalue weighted by atomic mass is 19.1. The van der Waals surface area contributed by atoms with Crippen molar-refractivity contribution in [1.82, 2.24) is 15.0 Å². The molecule has 0 amide bonds. The van der Waals surface area contributed by atoms with Crippen molar-refractivity contribution in [1.29, 1.82) is 0 Å². The van der Waals surface area contributed by atoms with Gasteiger partial charge in [0, 0.05) is 0 Å². The van der Waals surface area contributed by atoms with Crippen LogP contribution in [0.4, 0.5) is 4.39 Å². The van der Waals surface area contributed by atoms with E-state index in [1.54, 1.807) is 10.9 Å². The van der Waals surface area contributed by atoms with Crippen molar-refractivity contribution in [2.75, 3.05) is 6.54 Å². The van der Waals surface area contributed by atoms with E-state index in [2.05, 4.69) is 10.3 Å². The summed E-state index contributed by atoms with van der Waals surface area (Å²) < 4.78 is 15.0. The monoisotopic (exact) mass is 220 g/mol. The minimum Gasteiger partial charge on any atom is -0.330 e. The van der Waals surface area contributed by atoms with Crippen molar-refractivity contribution in [3.05, 3.63) is 42.2 Å². The van der Waals surface area contributed by atoms with Gasteiger partial charge in [0.25, 0.3) is 0 Å². The van der Waals surface area contributed by atoms with Gasteiger partial charge >= 0.3 is 0 Å². The number of alkyl halides is 1. The van der Waals surface area contributed by atoms with Gasteiger partial charge in [-0.15, -0.1) is 5.10 Å². The van der Waals surface area contributed by atoms with Gasteiger partial charge in [-0.25, -0.2) is 9.07 Å². The number of para-hydroxylation sites is 1. The fourth-order valence-electron chi connectivity index (χ4n) is 1.42. The molecule has 5 heteroatoms. The maximum atomic E-state index is 13.5. The lowest BCUT2D eigenvalue weighted by Gasteiger charge is -2.00. The minimum absolute atomic E-state index is 0.271. The van der Waals surface area contributed by atoms with E-state index < -0.39 is 6.17 Å². The number of rotatable bonds is 4. The summed E-state index contributed by atoms with van der Waals surface area (Å²) >= 11 is 0. The van der Waals surface area contributed by atoms with E-state index in [4.69, 9.17) is 5.73 Å². The Kier molecular flexibility index (Phi) is 3.26. The van der Waals surface area contributed by atoms with E-state index in [-0.39, 0.29) is 6.42 Å². The van der Waals surface area contributed by atoms with Crippen LogP contribution in [0.5, 0.6) is 0 Å². The van der Waals surface area contributed by atoms with Crippen molar-refractivity contribution in [3.63, 3.8) is 0 Å². The SMILES string of the molecule is NCCC(F)c1cn(-c2ccccc2)nn1. The van der Waals surface area contributed by atoms with Crippen molar-refractivity contribution in [3.8, 4) is 5.69 Å². The molecular formula is C11H13FN4. The molecule has 0 aliphatic rings. The zero-order valence-corrected chi connectivity index (χ0v) is 8.75. The largest absolute Gasteiger partial charge is 0.330 e. The van der Waals surface area contributed by atoms with Crippen molar-refractivity contribution < 1.29 is 4.39 Å². The highest BCUT2D eigenvalue weighted by molar-refractivity contribution is 5.30. The molecule has 0 aliphatic carbocycles. The Bertz CT molecular complexity index is 440. The number of hydrogen-bond donors (Lipinski definition) is 1. The number of benzene rings is 1. The quantitative estimate of drug-likeness (QED) is 0.851. The van der Waals surface area contributed by atoms with Crippen LogP contribution in [-0.4, -0.2) is 21.5 Å². The zero-order valence-electron chi connectivity index (χ0n) is 8.75. The van der Waals surface area contributed by atoms with Gasteiger partial charge in [-0.3, -0.25) is 0 Å². The third kappa shape index (κ3) is 2.25. The fraction of sp³-hybridized carbons (Fsp3) is 0.273. The first-order valence-corrected chi connectivity index (χ1v) is 5.13. The number of halogens is 1. The summed E-state index contributed by atoms with van der Waals surface area (Å²) in [5.41, 5.74) is 6.48. The van der Waals surface area contributed by atoms with Gasteiger partial charge in [0.1, 0.15) is 11.9 Å². The zero-order chi connectivity index (χ0) is 11.4. The molecule has 84 valence electrons. The van der Waals surface area contributed by atoms with E-state index in [0.29, 0.717) is 12.2 Å². The van der Waals surface area contributed by atoms with Crippen LogP contribution in [0.25, 0.3) is 5.69 Å². The third-order valence-corrected chi connectivity index (χ3v) is 2.27. The first-order chi connectivity index (χ1) is 7.81. The molecule has 2 rings (SSSR count). The van der Waals surface area contributed by atoms with Crippen molar-refractivity contribution in [2.45, 2.75) is 12.6 Å². The predicted octanol–water partition coefficient (Wildman–Crippen LogP) is 1.63. The Morgan fingerprint density at radius 2 is 2.06 bits per heavy atom. The Morgan fingerprint density at radius 1 is 1.31 bits per heavy atom. The number of aromatic nitrogens is 3. The average Bonchev–Trinajstić information content (AvgIpc) is 2.80. The van der Waals surface area contributed by atoms with Crippen LogP contribution in [0.3, 0.4) is 0 Å². The summed E-state index contributed by atoms with van der Waals surface area (Å²) in [4.78, 5) is 0. The Morgan fingerprint density at radius 3 is 2.75 bits per heavy atom. The van der Waals surface area contributed by atoms with Gasteiger partial charge in [-0.05, 0) is 25.1 Å². The van der Waals surface area contributed by atoms with Crippen molar-refractivity contribution >= 4 is 0 Å². The average molecular weight is 220 g/mol. The lowest BCUT2D eigenvalue weighted by molar-refractivity contribution is 0.320. The summed E-state index contributed by atoms with van der Waals surface area (Å²) in [6.45, 7) is 0.305. The molecule has 4 nitrogen and oxygen atoms in total. The van der Waals surface area contributed by atoms with E-state index >= 15 is 0 Å². The van der Waals surface area contributed by atoms with Gasteiger partial charge in [-0.2, -0.15) is 0 Å². The molecule has 1 aromatic heterocycles. The smallest absolute Gasteiger partial charge is 0.147 e. The fourth-order valence-corrected chi connectivity index (χ4v) is 1.42. The van der Waals surface area contributed by atoms with Crippen molar-refractivity contribution in [2.24, 2.45) is 5.73 Å². The normalized spacial score (nSPS) is 12.6. The Balaban J connectivity index is 2.20. The van der Waals surface area contributed by atoms with E-state index in [1.807, 2.05) is 30.3 Å². The summed E-state index contributed by atoms with van der Waals surface area (Å²) in [6, 6.07) is 9.46. The molecule has 16 heavy (non-hydrogen) atoms. The van der Waals surface area contributed by atoms with Crippen LogP contribution in [0, 0.1) is 0 Å². The molecular weight excluding hydrogens is 207 g/mol. The molecule has 2 aromatic rings. The molecule has 0 fully saturated rings. The predicted molar refractivity (Wildman–Crippen MR) is 58.9 cm³/mol. The number of nitrogens with two attached hydrogens (primary N) is 1. The van der Waals surface area contributed by atoms with Gasteiger partial charge in [0.15, 0.2) is 0 Å². The van der Waals surface area contributed by atoms with Crippen LogP contribution in [0.15, 0.2) is 36.5 Å².